The lowest BCUT2D eigenvalue weighted by molar-refractivity contribution is 0.385. The molecular weight excluding hydrogens is 308 g/mol. The molecule has 0 radical (unpaired) electrons. The molecule has 18 heavy (non-hydrogen) atoms. The van der Waals surface area contributed by atoms with Gasteiger partial charge in [0.2, 0.25) is 0 Å². The molecule has 1 heterocycles. The van der Waals surface area contributed by atoms with E-state index in [1.807, 2.05) is 11.8 Å². The van der Waals surface area contributed by atoms with Gasteiger partial charge in [-0.05, 0) is 30.5 Å². The monoisotopic (exact) mass is 324 g/mol. The second-order valence-electron chi connectivity index (χ2n) is 4.96. The van der Waals surface area contributed by atoms with E-state index in [2.05, 4.69) is 45.5 Å². The molecule has 1 saturated carbocycles. The van der Waals surface area contributed by atoms with Crippen LogP contribution in [0.3, 0.4) is 0 Å². The molecule has 3 rings (SSSR count). The Hall–Kier alpha value is -0.480. The number of halogens is 1. The van der Waals surface area contributed by atoms with Gasteiger partial charge in [0.1, 0.15) is 0 Å². The number of thioether (sulfide) groups is 1. The molecule has 2 nitrogen and oxygen atoms in total. The van der Waals surface area contributed by atoms with Crippen molar-refractivity contribution >= 4 is 32.9 Å². The molecule has 0 aromatic heterocycles. The number of benzene rings is 1. The Bertz CT molecular complexity index is 461. The predicted molar refractivity (Wildman–Crippen MR) is 82.1 cm³/mol. The number of rotatable bonds is 2. The van der Waals surface area contributed by atoms with E-state index in [9.17, 15) is 0 Å². The molecule has 1 aromatic carbocycles. The lowest BCUT2D eigenvalue weighted by atomic mass is 9.92. The van der Waals surface area contributed by atoms with Crippen molar-refractivity contribution in [2.45, 2.75) is 43.5 Å². The Morgan fingerprint density at radius 2 is 2.22 bits per heavy atom. The first-order valence-corrected chi connectivity index (χ1v) is 8.31. The van der Waals surface area contributed by atoms with E-state index in [0.717, 1.165) is 15.4 Å². The van der Waals surface area contributed by atoms with Crippen molar-refractivity contribution in [2.24, 2.45) is 4.99 Å². The van der Waals surface area contributed by atoms with Gasteiger partial charge in [0.05, 0.1) is 12.1 Å². The lowest BCUT2D eigenvalue weighted by Gasteiger charge is -2.23. The van der Waals surface area contributed by atoms with Gasteiger partial charge in [-0.15, -0.1) is 0 Å². The molecule has 1 aliphatic heterocycles. The molecule has 96 valence electrons. The van der Waals surface area contributed by atoms with Gasteiger partial charge in [0.15, 0.2) is 5.17 Å². The van der Waals surface area contributed by atoms with E-state index in [4.69, 9.17) is 4.99 Å². The number of hydrogen-bond acceptors (Lipinski definition) is 3. The fourth-order valence-corrected chi connectivity index (χ4v) is 4.01. The zero-order chi connectivity index (χ0) is 12.4. The first-order chi connectivity index (χ1) is 8.81. The molecule has 0 saturated heterocycles. The van der Waals surface area contributed by atoms with E-state index >= 15 is 0 Å². The quantitative estimate of drug-likeness (QED) is 0.890. The second kappa shape index (κ2) is 5.66. The first-order valence-electron chi connectivity index (χ1n) is 6.53. The average Bonchev–Trinajstić information content (AvgIpc) is 2.79. The van der Waals surface area contributed by atoms with Gasteiger partial charge in [-0.25, -0.2) is 0 Å². The highest BCUT2D eigenvalue weighted by atomic mass is 79.9. The smallest absolute Gasteiger partial charge is 0.157 e. The van der Waals surface area contributed by atoms with Crippen LogP contribution in [-0.4, -0.2) is 17.3 Å². The van der Waals surface area contributed by atoms with E-state index in [-0.39, 0.29) is 0 Å². The highest BCUT2D eigenvalue weighted by molar-refractivity contribution is 9.10. The Morgan fingerprint density at radius 3 is 3.06 bits per heavy atom. The number of aliphatic imine (C=N–C) groups is 1. The van der Waals surface area contributed by atoms with Crippen LogP contribution in [0.5, 0.6) is 0 Å². The summed E-state index contributed by atoms with van der Waals surface area (Å²) in [6.07, 6.45) is 5.25. The third-order valence-corrected chi connectivity index (χ3v) is 5.05. The maximum Gasteiger partial charge on any atom is 0.157 e. The second-order valence-corrected chi connectivity index (χ2v) is 6.84. The van der Waals surface area contributed by atoms with Gasteiger partial charge in [-0.3, -0.25) is 4.99 Å². The van der Waals surface area contributed by atoms with E-state index in [1.54, 1.807) is 0 Å². The van der Waals surface area contributed by atoms with Gasteiger partial charge in [0.25, 0.3) is 0 Å². The van der Waals surface area contributed by atoms with Crippen LogP contribution in [0.4, 0.5) is 0 Å². The van der Waals surface area contributed by atoms with Gasteiger partial charge >= 0.3 is 0 Å². The van der Waals surface area contributed by atoms with Crippen LogP contribution in [-0.2, 0) is 5.75 Å². The summed E-state index contributed by atoms with van der Waals surface area (Å²) < 4.78 is 1.15. The summed E-state index contributed by atoms with van der Waals surface area (Å²) in [5.74, 6) is 0.991. The third kappa shape index (κ3) is 2.91. The van der Waals surface area contributed by atoms with Crippen LogP contribution in [0, 0.1) is 0 Å². The van der Waals surface area contributed by atoms with Gasteiger partial charge < -0.3 is 5.32 Å². The maximum absolute atomic E-state index is 4.80. The molecule has 4 heteroatoms. The van der Waals surface area contributed by atoms with Gasteiger partial charge in [-0.2, -0.15) is 0 Å². The molecule has 2 atom stereocenters. The summed E-state index contributed by atoms with van der Waals surface area (Å²) in [6, 6.07) is 9.65. The summed E-state index contributed by atoms with van der Waals surface area (Å²) in [7, 11) is 0. The van der Waals surface area contributed by atoms with Gasteiger partial charge in [0, 0.05) is 10.2 Å². The number of amidine groups is 1. The molecule has 0 bridgehead atoms. The van der Waals surface area contributed by atoms with Crippen molar-refractivity contribution in [2.75, 3.05) is 0 Å². The molecular formula is C14H17BrN2S. The van der Waals surface area contributed by atoms with Crippen LogP contribution < -0.4 is 5.32 Å². The Labute approximate surface area is 121 Å². The molecule has 1 aromatic rings. The van der Waals surface area contributed by atoms with Crippen LogP contribution in [0.15, 0.2) is 33.7 Å². The minimum absolute atomic E-state index is 0.545. The third-order valence-electron chi connectivity index (χ3n) is 3.59. The van der Waals surface area contributed by atoms with Crippen molar-refractivity contribution in [3.63, 3.8) is 0 Å². The van der Waals surface area contributed by atoms with Crippen molar-refractivity contribution in [1.29, 1.82) is 0 Å². The van der Waals surface area contributed by atoms with Gasteiger partial charge in [-0.1, -0.05) is 52.7 Å². The SMILES string of the molecule is Brc1cccc(CSC2=NC3CCCCC3N2)c1. The van der Waals surface area contributed by atoms with Crippen LogP contribution in [0.1, 0.15) is 31.2 Å². The molecule has 0 amide bonds. The Kier molecular flexibility index (Phi) is 3.94. The van der Waals surface area contributed by atoms with Crippen LogP contribution in [0.25, 0.3) is 0 Å². The fraction of sp³-hybridized carbons (Fsp3) is 0.500. The van der Waals surface area contributed by atoms with Crippen LogP contribution in [0.2, 0.25) is 0 Å². The Balaban J connectivity index is 1.58. The summed E-state index contributed by atoms with van der Waals surface area (Å²) in [6.45, 7) is 0. The van der Waals surface area contributed by atoms with Crippen LogP contribution >= 0.6 is 27.7 Å². The van der Waals surface area contributed by atoms with Crippen molar-refractivity contribution in [1.82, 2.24) is 5.32 Å². The zero-order valence-corrected chi connectivity index (χ0v) is 12.6. The highest BCUT2D eigenvalue weighted by Gasteiger charge is 2.30. The first kappa shape index (κ1) is 12.5. The summed E-state index contributed by atoms with van der Waals surface area (Å²) >= 11 is 5.34. The Morgan fingerprint density at radius 1 is 1.33 bits per heavy atom. The molecule has 1 aliphatic carbocycles. The predicted octanol–water partition coefficient (Wildman–Crippen LogP) is 3.95. The summed E-state index contributed by atoms with van der Waals surface area (Å²) in [5.41, 5.74) is 1.34. The topological polar surface area (TPSA) is 24.4 Å². The molecule has 1 N–H and O–H groups in total. The van der Waals surface area contributed by atoms with Crippen molar-refractivity contribution in [3.8, 4) is 0 Å². The largest absolute Gasteiger partial charge is 0.360 e. The van der Waals surface area contributed by atoms with E-state index < -0.39 is 0 Å². The van der Waals surface area contributed by atoms with E-state index in [1.165, 1.54) is 31.2 Å². The highest BCUT2D eigenvalue weighted by Crippen LogP contribution is 2.28. The van der Waals surface area contributed by atoms with Crippen molar-refractivity contribution < 1.29 is 0 Å². The molecule has 1 fully saturated rings. The summed E-state index contributed by atoms with van der Waals surface area (Å²) in [4.78, 5) is 4.80. The number of nitrogens with one attached hydrogen (secondary N) is 1. The number of fused-ring (bicyclic) bond motifs is 1. The summed E-state index contributed by atoms with van der Waals surface area (Å²) in [5, 5.41) is 4.72. The lowest BCUT2D eigenvalue weighted by Crippen LogP contribution is -2.36. The normalized spacial score (nSPS) is 26.4. The number of hydrogen-bond donors (Lipinski definition) is 1. The minimum Gasteiger partial charge on any atom is -0.360 e. The zero-order valence-electron chi connectivity index (χ0n) is 10.2. The average molecular weight is 325 g/mol. The molecule has 2 unspecified atom stereocenters. The maximum atomic E-state index is 4.80. The number of nitrogens with zero attached hydrogens (tertiary/aromatic N) is 1. The standard InChI is InChI=1S/C14H17BrN2S/c15-11-5-3-4-10(8-11)9-18-14-16-12-6-1-2-7-13(12)17-14/h3-5,8,12-13H,1-2,6-7,9H2,(H,16,17). The molecule has 2 aliphatic rings. The minimum atomic E-state index is 0.545. The van der Waals surface area contributed by atoms with E-state index in [0.29, 0.717) is 12.1 Å². The molecule has 0 spiro atoms. The van der Waals surface area contributed by atoms with Crippen molar-refractivity contribution in [3.05, 3.63) is 34.3 Å². The fourth-order valence-electron chi connectivity index (χ4n) is 2.64.